The van der Waals surface area contributed by atoms with Gasteiger partial charge >= 0.3 is 0 Å². The fraction of sp³-hybridized carbons (Fsp3) is 0.300. The molecule has 1 aliphatic rings. The number of Topliss-reactive ketones (excluding diaryl/α,β-unsaturated/α-hetero) is 1. The van der Waals surface area contributed by atoms with Crippen LogP contribution >= 0.6 is 11.6 Å². The summed E-state index contributed by atoms with van der Waals surface area (Å²) < 4.78 is 10.1. The van der Waals surface area contributed by atoms with Crippen molar-refractivity contribution in [1.82, 2.24) is 0 Å². The Morgan fingerprint density at radius 3 is 2.94 bits per heavy atom. The van der Waals surface area contributed by atoms with E-state index in [1.807, 2.05) is 0 Å². The topological polar surface area (TPSA) is 81.8 Å². The Morgan fingerprint density at radius 2 is 2.31 bits per heavy atom. The van der Waals surface area contributed by atoms with Crippen molar-refractivity contribution < 1.29 is 19.4 Å². The maximum Gasteiger partial charge on any atom is 0.231 e. The largest absolute Gasteiger partial charge is 0.505 e. The summed E-state index contributed by atoms with van der Waals surface area (Å²) in [5.74, 6) is -0.141. The van der Waals surface area contributed by atoms with Crippen molar-refractivity contribution in [3.8, 4) is 17.2 Å². The van der Waals surface area contributed by atoms with E-state index in [2.05, 4.69) is 0 Å². The van der Waals surface area contributed by atoms with Crippen LogP contribution in [0.1, 0.15) is 17.3 Å². The van der Waals surface area contributed by atoms with E-state index >= 15 is 0 Å². The van der Waals surface area contributed by atoms with Gasteiger partial charge in [0.05, 0.1) is 11.6 Å². The van der Waals surface area contributed by atoms with Crippen LogP contribution in [0.4, 0.5) is 0 Å². The molecule has 16 heavy (non-hydrogen) atoms. The highest BCUT2D eigenvalue weighted by Crippen LogP contribution is 2.46. The summed E-state index contributed by atoms with van der Waals surface area (Å²) in [4.78, 5) is 11.7. The van der Waals surface area contributed by atoms with Crippen molar-refractivity contribution in [2.75, 3.05) is 6.79 Å². The number of hydrogen-bond acceptors (Lipinski definition) is 5. The molecule has 1 aromatic carbocycles. The molecule has 6 heteroatoms. The van der Waals surface area contributed by atoms with Gasteiger partial charge in [0.1, 0.15) is 10.8 Å². The summed E-state index contributed by atoms with van der Waals surface area (Å²) in [5.41, 5.74) is 5.50. The molecule has 2 rings (SSSR count). The standard InChI is InChI=1S/C10H10ClNO4/c1-4(12)8(13)5-2-6-10(16-3-15-6)7(11)9(5)14/h2,4,14H,3,12H2,1H3. The van der Waals surface area contributed by atoms with E-state index in [1.165, 1.54) is 13.0 Å². The van der Waals surface area contributed by atoms with Crippen LogP contribution in [0.2, 0.25) is 5.02 Å². The predicted molar refractivity (Wildman–Crippen MR) is 57.2 cm³/mol. The number of phenols is 1. The lowest BCUT2D eigenvalue weighted by atomic mass is 10.0. The highest BCUT2D eigenvalue weighted by atomic mass is 35.5. The van der Waals surface area contributed by atoms with Crippen molar-refractivity contribution in [2.45, 2.75) is 13.0 Å². The van der Waals surface area contributed by atoms with Gasteiger partial charge in [-0.25, -0.2) is 0 Å². The van der Waals surface area contributed by atoms with E-state index in [9.17, 15) is 9.90 Å². The molecular formula is C10H10ClNO4. The number of ketones is 1. The average Bonchev–Trinajstić information content (AvgIpc) is 2.70. The summed E-state index contributed by atoms with van der Waals surface area (Å²) >= 11 is 5.84. The maximum atomic E-state index is 11.7. The minimum atomic E-state index is -0.720. The van der Waals surface area contributed by atoms with Crippen molar-refractivity contribution in [2.24, 2.45) is 5.73 Å². The second-order valence-electron chi connectivity index (χ2n) is 3.47. The molecule has 0 aliphatic carbocycles. The van der Waals surface area contributed by atoms with Crippen LogP contribution in [0.25, 0.3) is 0 Å². The maximum absolute atomic E-state index is 11.7. The first-order valence-corrected chi connectivity index (χ1v) is 5.01. The monoisotopic (exact) mass is 243 g/mol. The molecule has 1 aromatic rings. The molecule has 86 valence electrons. The SMILES string of the molecule is CC(N)C(=O)c1cc2c(c(Cl)c1O)OCO2. The van der Waals surface area contributed by atoms with Gasteiger partial charge in [-0.1, -0.05) is 11.6 Å². The van der Waals surface area contributed by atoms with Gasteiger partial charge in [-0.3, -0.25) is 4.79 Å². The molecule has 0 aromatic heterocycles. The summed E-state index contributed by atoms with van der Waals surface area (Å²) in [6.45, 7) is 1.55. The van der Waals surface area contributed by atoms with Gasteiger partial charge < -0.3 is 20.3 Å². The lowest BCUT2D eigenvalue weighted by Gasteiger charge is -2.09. The number of phenolic OH excluding ortho intramolecular Hbond substituents is 1. The Balaban J connectivity index is 2.56. The van der Waals surface area contributed by atoms with Crippen LogP contribution in [0, 0.1) is 0 Å². The Bertz CT molecular complexity index is 459. The van der Waals surface area contributed by atoms with Crippen LogP contribution < -0.4 is 15.2 Å². The summed E-state index contributed by atoms with van der Waals surface area (Å²) in [7, 11) is 0. The van der Waals surface area contributed by atoms with Crippen LogP contribution in [0.3, 0.4) is 0 Å². The molecule has 0 spiro atoms. The second kappa shape index (κ2) is 3.84. The van der Waals surface area contributed by atoms with Gasteiger partial charge in [0.15, 0.2) is 17.3 Å². The van der Waals surface area contributed by atoms with E-state index in [-0.39, 0.29) is 28.9 Å². The van der Waals surface area contributed by atoms with Gasteiger partial charge in [0, 0.05) is 0 Å². The molecule has 1 unspecified atom stereocenters. The van der Waals surface area contributed by atoms with Crippen LogP contribution in [-0.4, -0.2) is 23.7 Å². The quantitative estimate of drug-likeness (QED) is 0.766. The molecule has 0 radical (unpaired) electrons. The summed E-state index contributed by atoms with van der Waals surface area (Å²) in [6, 6.07) is 0.664. The highest BCUT2D eigenvalue weighted by Gasteiger charge is 2.26. The molecule has 0 amide bonds. The number of ether oxygens (including phenoxy) is 2. The number of carbonyl (C=O) groups is 1. The first kappa shape index (κ1) is 11.0. The number of halogens is 1. The average molecular weight is 244 g/mol. The molecule has 0 bridgehead atoms. The third-order valence-electron chi connectivity index (χ3n) is 2.26. The van der Waals surface area contributed by atoms with Gasteiger partial charge in [-0.2, -0.15) is 0 Å². The molecule has 1 atom stereocenters. The molecule has 0 saturated carbocycles. The molecule has 1 heterocycles. The number of rotatable bonds is 2. The highest BCUT2D eigenvalue weighted by molar-refractivity contribution is 6.34. The van der Waals surface area contributed by atoms with E-state index in [4.69, 9.17) is 26.8 Å². The predicted octanol–water partition coefficient (Wildman–Crippen LogP) is 1.30. The van der Waals surface area contributed by atoms with E-state index < -0.39 is 11.8 Å². The smallest absolute Gasteiger partial charge is 0.231 e. The lowest BCUT2D eigenvalue weighted by Crippen LogP contribution is -2.26. The number of nitrogens with two attached hydrogens (primary N) is 1. The number of carbonyl (C=O) groups excluding carboxylic acids is 1. The van der Waals surface area contributed by atoms with Gasteiger partial charge in [-0.05, 0) is 13.0 Å². The molecule has 1 aliphatic heterocycles. The van der Waals surface area contributed by atoms with Crippen molar-refractivity contribution >= 4 is 17.4 Å². The Kier molecular flexibility index (Phi) is 2.65. The fourth-order valence-electron chi connectivity index (χ4n) is 1.43. The molecule has 5 nitrogen and oxygen atoms in total. The number of benzene rings is 1. The third-order valence-corrected chi connectivity index (χ3v) is 2.61. The zero-order valence-corrected chi connectivity index (χ0v) is 9.25. The van der Waals surface area contributed by atoms with Crippen LogP contribution in [0.15, 0.2) is 6.07 Å². The van der Waals surface area contributed by atoms with Gasteiger partial charge in [0.25, 0.3) is 0 Å². The molecular weight excluding hydrogens is 234 g/mol. The fourth-order valence-corrected chi connectivity index (χ4v) is 1.68. The minimum Gasteiger partial charge on any atom is -0.505 e. The number of fused-ring (bicyclic) bond motifs is 1. The zero-order chi connectivity index (χ0) is 11.9. The lowest BCUT2D eigenvalue weighted by molar-refractivity contribution is 0.0965. The summed E-state index contributed by atoms with van der Waals surface area (Å²) in [6.07, 6.45) is 0. The molecule has 3 N–H and O–H groups in total. The van der Waals surface area contributed by atoms with E-state index in [0.29, 0.717) is 5.75 Å². The zero-order valence-electron chi connectivity index (χ0n) is 8.49. The van der Waals surface area contributed by atoms with Crippen LogP contribution in [0.5, 0.6) is 17.2 Å². The molecule has 0 saturated heterocycles. The normalized spacial score (nSPS) is 14.9. The van der Waals surface area contributed by atoms with Crippen LogP contribution in [-0.2, 0) is 0 Å². The first-order chi connectivity index (χ1) is 7.52. The first-order valence-electron chi connectivity index (χ1n) is 4.63. The van der Waals surface area contributed by atoms with Crippen molar-refractivity contribution in [3.63, 3.8) is 0 Å². The van der Waals surface area contributed by atoms with Crippen molar-refractivity contribution in [3.05, 3.63) is 16.7 Å². The second-order valence-corrected chi connectivity index (χ2v) is 3.85. The Hall–Kier alpha value is -1.46. The van der Waals surface area contributed by atoms with Gasteiger partial charge in [-0.15, -0.1) is 0 Å². The minimum absolute atomic E-state index is 0.0182. The van der Waals surface area contributed by atoms with Crippen molar-refractivity contribution in [1.29, 1.82) is 0 Å². The number of aromatic hydroxyl groups is 1. The Morgan fingerprint density at radius 1 is 1.62 bits per heavy atom. The number of hydrogen-bond donors (Lipinski definition) is 2. The van der Waals surface area contributed by atoms with E-state index in [0.717, 1.165) is 0 Å². The van der Waals surface area contributed by atoms with E-state index in [1.54, 1.807) is 0 Å². The molecule has 0 fully saturated rings. The third kappa shape index (κ3) is 1.58. The summed E-state index contributed by atoms with van der Waals surface area (Å²) in [5, 5.41) is 9.71. The van der Waals surface area contributed by atoms with Gasteiger partial charge in [0.2, 0.25) is 6.79 Å². The Labute approximate surface area is 96.7 Å².